The number of benzene rings is 2. The number of halogens is 3. The van der Waals surface area contributed by atoms with Crippen molar-refractivity contribution in [3.63, 3.8) is 0 Å². The third kappa shape index (κ3) is 6.44. The van der Waals surface area contributed by atoms with Crippen molar-refractivity contribution in [1.29, 1.82) is 0 Å². The van der Waals surface area contributed by atoms with Gasteiger partial charge in [-0.1, -0.05) is 101 Å². The zero-order valence-electron chi connectivity index (χ0n) is 18.0. The van der Waals surface area contributed by atoms with Crippen molar-refractivity contribution < 1.29 is 58.9 Å². The largest absolute Gasteiger partial charge is 4.00 e. The van der Waals surface area contributed by atoms with Crippen molar-refractivity contribution in [2.45, 2.75) is 57.8 Å². The molecule has 0 N–H and O–H groups in total. The molecule has 0 fully saturated rings. The maximum absolute atomic E-state index is 2.37. The molecule has 0 aromatic heterocycles. The summed E-state index contributed by atoms with van der Waals surface area (Å²) in [6.45, 7) is 6.95. The topological polar surface area (TPSA) is 0 Å². The van der Waals surface area contributed by atoms with Crippen molar-refractivity contribution in [3.8, 4) is 0 Å². The van der Waals surface area contributed by atoms with Gasteiger partial charge in [0.05, 0.1) is 0 Å². The van der Waals surface area contributed by atoms with Gasteiger partial charge < -0.3 is 37.2 Å². The summed E-state index contributed by atoms with van der Waals surface area (Å²) in [5.41, 5.74) is 5.76. The molecule has 3 rings (SSSR count). The molecule has 3 aromatic carbocycles. The molecule has 0 radical (unpaired) electrons. The molecule has 1 unspecified atom stereocenters. The predicted octanol–water partition coefficient (Wildman–Crippen LogP) is -1.55. The fourth-order valence-electron chi connectivity index (χ4n) is 4.26. The van der Waals surface area contributed by atoms with Gasteiger partial charge in [0.15, 0.2) is 0 Å². The zero-order valence-corrected chi connectivity index (χ0v) is 21.9. The van der Waals surface area contributed by atoms with Gasteiger partial charge in [-0.15, -0.1) is 5.56 Å². The molecule has 0 saturated carbocycles. The first-order chi connectivity index (χ1) is 12.7. The normalized spacial score (nSPS) is 11.2. The van der Waals surface area contributed by atoms with E-state index < -0.39 is 0 Å². The predicted molar refractivity (Wildman–Crippen MR) is 113 cm³/mol. The van der Waals surface area contributed by atoms with Crippen molar-refractivity contribution in [1.82, 2.24) is 0 Å². The Labute approximate surface area is 216 Å². The van der Waals surface area contributed by atoms with Gasteiger partial charge in [-0.3, -0.25) is 0 Å². The van der Waals surface area contributed by atoms with E-state index >= 15 is 0 Å². The Kier molecular flexibility index (Phi) is 16.0. The van der Waals surface area contributed by atoms with Crippen LogP contribution in [0.25, 0.3) is 0 Å². The molecule has 30 heavy (non-hydrogen) atoms. The third-order valence-corrected chi connectivity index (χ3v) is 5.89. The molecular formula is C26H31Cl3Ti. The van der Waals surface area contributed by atoms with Gasteiger partial charge in [-0.05, 0) is 23.5 Å². The Hall–Kier alpha value is -0.626. The molecule has 3 aromatic rings. The summed E-state index contributed by atoms with van der Waals surface area (Å²) < 4.78 is 0. The molecule has 0 aliphatic rings. The minimum Gasteiger partial charge on any atom is -1.00 e. The van der Waals surface area contributed by atoms with Crippen molar-refractivity contribution in [3.05, 3.63) is 101 Å². The molecule has 0 saturated heterocycles. The van der Waals surface area contributed by atoms with Gasteiger partial charge in [0.2, 0.25) is 0 Å². The molecular weight excluding hydrogens is 467 g/mol. The van der Waals surface area contributed by atoms with E-state index in [1.54, 1.807) is 0 Å². The fourth-order valence-corrected chi connectivity index (χ4v) is 4.26. The zero-order chi connectivity index (χ0) is 18.4. The number of hydrogen-bond donors (Lipinski definition) is 0. The van der Waals surface area contributed by atoms with Gasteiger partial charge in [0.25, 0.3) is 0 Å². The first kappa shape index (κ1) is 31.6. The second-order valence-corrected chi connectivity index (χ2v) is 7.45. The molecule has 160 valence electrons. The van der Waals surface area contributed by atoms with Crippen LogP contribution in [0.3, 0.4) is 0 Å². The first-order valence-corrected chi connectivity index (χ1v) is 10.1. The van der Waals surface area contributed by atoms with Gasteiger partial charge in [-0.2, -0.15) is 11.6 Å². The quantitative estimate of drug-likeness (QED) is 0.261. The van der Waals surface area contributed by atoms with Crippen molar-refractivity contribution in [2.24, 2.45) is 0 Å². The Morgan fingerprint density at radius 3 is 1.70 bits per heavy atom. The van der Waals surface area contributed by atoms with Crippen LogP contribution in [-0.4, -0.2) is 0 Å². The Bertz CT molecular complexity index is 760. The summed E-state index contributed by atoms with van der Waals surface area (Å²) in [6.07, 6.45) is 4.74. The summed E-state index contributed by atoms with van der Waals surface area (Å²) in [5.74, 6) is 0.577. The van der Waals surface area contributed by atoms with E-state index in [4.69, 9.17) is 0 Å². The van der Waals surface area contributed by atoms with E-state index in [-0.39, 0.29) is 64.4 Å². The van der Waals surface area contributed by atoms with Crippen molar-refractivity contribution in [2.75, 3.05) is 0 Å². The maximum atomic E-state index is 2.37. The van der Waals surface area contributed by atoms with Crippen LogP contribution in [0.4, 0.5) is 0 Å². The molecule has 0 nitrogen and oxygen atoms in total. The van der Waals surface area contributed by atoms with E-state index in [9.17, 15) is 0 Å². The van der Waals surface area contributed by atoms with Crippen LogP contribution in [0, 0.1) is 0 Å². The molecule has 0 spiro atoms. The minimum atomic E-state index is -0.0687. The van der Waals surface area contributed by atoms with Crippen LogP contribution >= 0.6 is 0 Å². The van der Waals surface area contributed by atoms with E-state index in [1.807, 2.05) is 0 Å². The van der Waals surface area contributed by atoms with E-state index in [0.29, 0.717) is 5.92 Å². The third-order valence-electron chi connectivity index (χ3n) is 5.89. The maximum Gasteiger partial charge on any atom is 4.00 e. The van der Waals surface area contributed by atoms with Crippen LogP contribution < -0.4 is 37.2 Å². The summed E-state index contributed by atoms with van der Waals surface area (Å²) in [4.78, 5) is 0. The summed E-state index contributed by atoms with van der Waals surface area (Å²) in [5, 5.41) is 0. The standard InChI is InChI=1S/C26H31.3ClH.Ti/c1-4-6-20-26(22-14-9-7-10-15-22,23-16-11-8-12-17-23)25-19-13-18-24(25)21(3)5-2;;;;/h7-19,21H,4-6,20H2,1-3H3;3*1H;/q-1;;;;+4/p-3. The average molecular weight is 498 g/mol. The second-order valence-electron chi connectivity index (χ2n) is 7.45. The van der Waals surface area contributed by atoms with Crippen LogP contribution in [-0.2, 0) is 27.1 Å². The summed E-state index contributed by atoms with van der Waals surface area (Å²) in [7, 11) is 0. The molecule has 4 heteroatoms. The number of hydrogen-bond acceptors (Lipinski definition) is 0. The summed E-state index contributed by atoms with van der Waals surface area (Å²) in [6, 6.07) is 29.2. The molecule has 0 heterocycles. The van der Waals surface area contributed by atoms with E-state index in [2.05, 4.69) is 99.6 Å². The van der Waals surface area contributed by atoms with E-state index in [0.717, 1.165) is 6.42 Å². The van der Waals surface area contributed by atoms with Crippen LogP contribution in [0.1, 0.15) is 74.6 Å². The minimum absolute atomic E-state index is 0. The Morgan fingerprint density at radius 2 is 1.27 bits per heavy atom. The van der Waals surface area contributed by atoms with Crippen molar-refractivity contribution >= 4 is 0 Å². The van der Waals surface area contributed by atoms with Crippen LogP contribution in [0.15, 0.2) is 78.9 Å². The molecule has 0 amide bonds. The smallest absolute Gasteiger partial charge is 1.00 e. The number of unbranched alkanes of at least 4 members (excludes halogenated alkanes) is 1. The average Bonchev–Trinajstić information content (AvgIpc) is 3.20. The monoisotopic (exact) mass is 496 g/mol. The van der Waals surface area contributed by atoms with Gasteiger partial charge in [0, 0.05) is 5.41 Å². The van der Waals surface area contributed by atoms with E-state index in [1.165, 1.54) is 41.5 Å². The van der Waals surface area contributed by atoms with Gasteiger partial charge in [-0.25, -0.2) is 12.1 Å². The molecule has 0 aliphatic heterocycles. The van der Waals surface area contributed by atoms with Crippen LogP contribution in [0.2, 0.25) is 0 Å². The molecule has 0 bridgehead atoms. The Morgan fingerprint density at radius 1 is 0.767 bits per heavy atom. The second kappa shape index (κ2) is 15.2. The number of rotatable bonds is 8. The van der Waals surface area contributed by atoms with Gasteiger partial charge in [0.1, 0.15) is 0 Å². The SMILES string of the molecule is CCCCC(c1ccccc1)(c1ccccc1)[c-]1cccc1C(C)CC.[Cl-].[Cl-].[Cl-].[Ti+4]. The molecule has 0 aliphatic carbocycles. The van der Waals surface area contributed by atoms with Crippen LogP contribution in [0.5, 0.6) is 0 Å². The first-order valence-electron chi connectivity index (χ1n) is 10.1. The van der Waals surface area contributed by atoms with Gasteiger partial charge >= 0.3 is 21.7 Å². The fraction of sp³-hybridized carbons (Fsp3) is 0.346. The molecule has 1 atom stereocenters. The Balaban J connectivity index is 0. The summed E-state index contributed by atoms with van der Waals surface area (Å²) >= 11 is 0.